The smallest absolute Gasteiger partial charge is 0.337 e. The molecule has 32 heavy (non-hydrogen) atoms. The van der Waals surface area contributed by atoms with Gasteiger partial charge in [0.15, 0.2) is 9.99 Å². The molecular weight excluding hydrogens is 444 g/mol. The summed E-state index contributed by atoms with van der Waals surface area (Å²) in [5.74, 6) is -0.331. The summed E-state index contributed by atoms with van der Waals surface area (Å²) in [6, 6.07) is 16.8. The summed E-state index contributed by atoms with van der Waals surface area (Å²) < 4.78 is 3.41. The molecule has 0 aliphatic heterocycles. The molecule has 1 N–H and O–H groups in total. The average Bonchev–Trinajstić information content (AvgIpc) is 3.26. The number of rotatable bonds is 7. The Balaban J connectivity index is 1.76. The summed E-state index contributed by atoms with van der Waals surface area (Å²) in [6.07, 6.45) is 2.71. The second kappa shape index (κ2) is 9.54. The molecule has 0 bridgehead atoms. The van der Waals surface area contributed by atoms with Gasteiger partial charge >= 0.3 is 5.69 Å². The van der Waals surface area contributed by atoms with Gasteiger partial charge in [0.1, 0.15) is 11.2 Å². The molecule has 0 unspecified atom stereocenters. The van der Waals surface area contributed by atoms with E-state index in [0.29, 0.717) is 21.3 Å². The number of carbonyl (C=O) groups is 1. The summed E-state index contributed by atoms with van der Waals surface area (Å²) in [4.78, 5) is 43.7. The Labute approximate surface area is 192 Å². The van der Waals surface area contributed by atoms with Crippen molar-refractivity contribution in [1.29, 1.82) is 0 Å². The first-order chi connectivity index (χ1) is 15.5. The van der Waals surface area contributed by atoms with Crippen molar-refractivity contribution in [3.63, 3.8) is 0 Å². The number of amides is 1. The summed E-state index contributed by atoms with van der Waals surface area (Å²) in [6.45, 7) is 2.16. The SMILES string of the molecule is CCc1ccc(-n2c(=O)c3sc(SC)nc3n(CC(=O)NCc3ccccc3)c2=O)cc1. The van der Waals surface area contributed by atoms with Crippen molar-refractivity contribution in [2.45, 2.75) is 30.8 Å². The zero-order valence-corrected chi connectivity index (χ0v) is 19.3. The Bertz CT molecular complexity index is 1370. The molecule has 7 nitrogen and oxygen atoms in total. The molecule has 0 fully saturated rings. The molecule has 1 amide bonds. The standard InChI is InChI=1S/C23H22N4O3S2/c1-3-15-9-11-17(12-10-15)27-21(29)19-20(25-22(31-2)32-19)26(23(27)30)14-18(28)24-13-16-7-5-4-6-8-16/h4-12H,3,13-14H2,1-2H3,(H,24,28). The number of hydrogen-bond acceptors (Lipinski definition) is 6. The molecule has 4 rings (SSSR count). The largest absolute Gasteiger partial charge is 0.350 e. The predicted octanol–water partition coefficient (Wildman–Crippen LogP) is 3.21. The van der Waals surface area contributed by atoms with Crippen molar-refractivity contribution in [3.8, 4) is 5.69 Å². The van der Waals surface area contributed by atoms with Crippen LogP contribution in [0.2, 0.25) is 0 Å². The highest BCUT2D eigenvalue weighted by Crippen LogP contribution is 2.25. The van der Waals surface area contributed by atoms with Crippen LogP contribution in [0.1, 0.15) is 18.1 Å². The molecule has 0 radical (unpaired) electrons. The Morgan fingerprint density at radius 3 is 2.44 bits per heavy atom. The molecule has 0 spiro atoms. The second-order valence-electron chi connectivity index (χ2n) is 7.13. The molecule has 0 saturated heterocycles. The van der Waals surface area contributed by atoms with Gasteiger partial charge in [0, 0.05) is 6.54 Å². The fourth-order valence-electron chi connectivity index (χ4n) is 3.35. The van der Waals surface area contributed by atoms with Gasteiger partial charge in [-0.2, -0.15) is 0 Å². The predicted molar refractivity (Wildman–Crippen MR) is 129 cm³/mol. The first-order valence-electron chi connectivity index (χ1n) is 10.1. The maximum absolute atomic E-state index is 13.4. The van der Waals surface area contributed by atoms with Gasteiger partial charge in [0.2, 0.25) is 5.91 Å². The summed E-state index contributed by atoms with van der Waals surface area (Å²) in [5, 5.41) is 2.83. The number of aryl methyl sites for hydroxylation is 1. The van der Waals surface area contributed by atoms with Crippen LogP contribution in [0.3, 0.4) is 0 Å². The molecule has 0 aliphatic carbocycles. The number of hydrogen-bond donors (Lipinski definition) is 1. The lowest BCUT2D eigenvalue weighted by Crippen LogP contribution is -2.41. The van der Waals surface area contributed by atoms with Crippen molar-refractivity contribution in [3.05, 3.63) is 86.6 Å². The van der Waals surface area contributed by atoms with Crippen LogP contribution in [0.25, 0.3) is 16.0 Å². The lowest BCUT2D eigenvalue weighted by atomic mass is 10.1. The van der Waals surface area contributed by atoms with E-state index in [0.717, 1.165) is 22.1 Å². The maximum Gasteiger partial charge on any atom is 0.337 e. The van der Waals surface area contributed by atoms with Gasteiger partial charge in [0.25, 0.3) is 5.56 Å². The third-order valence-corrected chi connectivity index (χ3v) is 7.09. The number of aromatic nitrogens is 3. The topological polar surface area (TPSA) is 86.0 Å². The van der Waals surface area contributed by atoms with Crippen LogP contribution in [0.4, 0.5) is 0 Å². The van der Waals surface area contributed by atoms with Gasteiger partial charge in [-0.25, -0.2) is 14.3 Å². The summed E-state index contributed by atoms with van der Waals surface area (Å²) in [5.41, 5.74) is 1.76. The number of thiazole rings is 1. The van der Waals surface area contributed by atoms with Crippen LogP contribution in [-0.2, 0) is 24.3 Å². The molecule has 0 saturated carbocycles. The minimum Gasteiger partial charge on any atom is -0.350 e. The first-order valence-corrected chi connectivity index (χ1v) is 12.2. The molecule has 2 heterocycles. The quantitative estimate of drug-likeness (QED) is 0.423. The van der Waals surface area contributed by atoms with E-state index in [1.165, 1.54) is 27.7 Å². The van der Waals surface area contributed by atoms with E-state index >= 15 is 0 Å². The molecular formula is C23H22N4O3S2. The van der Waals surface area contributed by atoms with Crippen molar-refractivity contribution in [2.75, 3.05) is 6.26 Å². The van der Waals surface area contributed by atoms with Gasteiger partial charge in [0.05, 0.1) is 5.69 Å². The van der Waals surface area contributed by atoms with Gasteiger partial charge in [-0.3, -0.25) is 14.2 Å². The summed E-state index contributed by atoms with van der Waals surface area (Å²) in [7, 11) is 0. The van der Waals surface area contributed by atoms with Crippen molar-refractivity contribution < 1.29 is 4.79 Å². The molecule has 164 valence electrons. The minimum atomic E-state index is -0.584. The highest BCUT2D eigenvalue weighted by atomic mass is 32.2. The Kier molecular flexibility index (Phi) is 6.57. The molecule has 2 aromatic carbocycles. The molecule has 9 heteroatoms. The number of carbonyl (C=O) groups excluding carboxylic acids is 1. The molecule has 4 aromatic rings. The second-order valence-corrected chi connectivity index (χ2v) is 9.18. The van der Waals surface area contributed by atoms with Crippen LogP contribution in [0.5, 0.6) is 0 Å². The number of fused-ring (bicyclic) bond motifs is 1. The third-order valence-electron chi connectivity index (χ3n) is 5.08. The molecule has 2 aromatic heterocycles. The number of nitrogens with one attached hydrogen (secondary N) is 1. The Morgan fingerprint density at radius 1 is 1.06 bits per heavy atom. The average molecular weight is 467 g/mol. The Hall–Kier alpha value is -3.17. The summed E-state index contributed by atoms with van der Waals surface area (Å²) >= 11 is 2.62. The Morgan fingerprint density at radius 2 is 1.78 bits per heavy atom. The first kappa shape index (κ1) is 22.0. The normalized spacial score (nSPS) is 11.1. The van der Waals surface area contributed by atoms with E-state index in [1.807, 2.05) is 55.6 Å². The van der Waals surface area contributed by atoms with Gasteiger partial charge < -0.3 is 5.32 Å². The van der Waals surface area contributed by atoms with Gasteiger partial charge in [-0.05, 0) is 35.9 Å². The lowest BCUT2D eigenvalue weighted by molar-refractivity contribution is -0.121. The van der Waals surface area contributed by atoms with Crippen molar-refractivity contribution in [1.82, 2.24) is 19.4 Å². The molecule has 0 aliphatic rings. The van der Waals surface area contributed by atoms with Crippen molar-refractivity contribution in [2.24, 2.45) is 0 Å². The van der Waals surface area contributed by atoms with E-state index in [2.05, 4.69) is 10.3 Å². The van der Waals surface area contributed by atoms with Crippen LogP contribution >= 0.6 is 23.1 Å². The maximum atomic E-state index is 13.4. The fourth-order valence-corrected chi connectivity index (χ4v) is 4.84. The monoisotopic (exact) mass is 466 g/mol. The van der Waals surface area contributed by atoms with Crippen LogP contribution < -0.4 is 16.6 Å². The van der Waals surface area contributed by atoms with Crippen LogP contribution in [-0.4, -0.2) is 26.3 Å². The van der Waals surface area contributed by atoms with E-state index < -0.39 is 11.2 Å². The van der Waals surface area contributed by atoms with E-state index in [-0.39, 0.29) is 18.1 Å². The number of nitrogens with zero attached hydrogens (tertiary/aromatic N) is 3. The van der Waals surface area contributed by atoms with Crippen LogP contribution in [0, 0.1) is 0 Å². The number of thioether (sulfide) groups is 1. The highest BCUT2D eigenvalue weighted by Gasteiger charge is 2.20. The highest BCUT2D eigenvalue weighted by molar-refractivity contribution is 8.00. The van der Waals surface area contributed by atoms with E-state index in [1.54, 1.807) is 12.1 Å². The van der Waals surface area contributed by atoms with Crippen molar-refractivity contribution >= 4 is 39.4 Å². The third kappa shape index (κ3) is 4.39. The number of benzene rings is 2. The fraction of sp³-hybridized carbons (Fsp3) is 0.217. The zero-order chi connectivity index (χ0) is 22.7. The van der Waals surface area contributed by atoms with E-state index in [4.69, 9.17) is 0 Å². The van der Waals surface area contributed by atoms with Gasteiger partial charge in [-0.1, -0.05) is 61.2 Å². The molecule has 0 atom stereocenters. The minimum absolute atomic E-state index is 0.229. The van der Waals surface area contributed by atoms with Crippen LogP contribution in [0.15, 0.2) is 68.5 Å². The zero-order valence-electron chi connectivity index (χ0n) is 17.7. The van der Waals surface area contributed by atoms with E-state index in [9.17, 15) is 14.4 Å². The van der Waals surface area contributed by atoms with Gasteiger partial charge in [-0.15, -0.1) is 11.3 Å². The lowest BCUT2D eigenvalue weighted by Gasteiger charge is -2.12.